The molecule has 1 fully saturated rings. The summed E-state index contributed by atoms with van der Waals surface area (Å²) in [6.45, 7) is 4.23. The summed E-state index contributed by atoms with van der Waals surface area (Å²) in [5.41, 5.74) is 9.89. The highest BCUT2D eigenvalue weighted by Gasteiger charge is 2.16. The number of nitrogens with one attached hydrogen (secondary N) is 1. The number of halogens is 1. The number of anilines is 1. The average molecular weight is 383 g/mol. The Morgan fingerprint density at radius 2 is 1.96 bits per heavy atom. The summed E-state index contributed by atoms with van der Waals surface area (Å²) < 4.78 is 5.54. The predicted octanol–water partition coefficient (Wildman–Crippen LogP) is 3.43. The maximum Gasteiger partial charge on any atom is 0.148 e. The van der Waals surface area contributed by atoms with Crippen LogP contribution in [-0.4, -0.2) is 38.3 Å². The molecule has 6 heteroatoms. The number of hydrogen-bond donors (Lipinski definition) is 2. The molecule has 0 aliphatic carbocycles. The fraction of sp³-hybridized carbons (Fsp3) is 0.286. The van der Waals surface area contributed by atoms with Crippen molar-refractivity contribution in [3.8, 4) is 16.9 Å². The smallest absolute Gasteiger partial charge is 0.148 e. The number of aromatic nitrogens is 1. The van der Waals surface area contributed by atoms with Crippen molar-refractivity contribution < 1.29 is 4.74 Å². The van der Waals surface area contributed by atoms with Crippen molar-refractivity contribution in [2.24, 2.45) is 5.73 Å². The highest BCUT2D eigenvalue weighted by atomic mass is 35.5. The number of hydrogen-bond acceptors (Lipinski definition) is 5. The Morgan fingerprint density at radius 3 is 2.70 bits per heavy atom. The molecule has 4 rings (SSSR count). The van der Waals surface area contributed by atoms with Gasteiger partial charge in [-0.3, -0.25) is 0 Å². The number of ether oxygens (including phenoxy) is 1. The third kappa shape index (κ3) is 3.58. The van der Waals surface area contributed by atoms with Crippen molar-refractivity contribution in [2.45, 2.75) is 6.54 Å². The fourth-order valence-corrected chi connectivity index (χ4v) is 3.79. The minimum absolute atomic E-state index is 0.492. The number of piperazine rings is 1. The van der Waals surface area contributed by atoms with E-state index >= 15 is 0 Å². The second-order valence-corrected chi connectivity index (χ2v) is 7.08. The van der Waals surface area contributed by atoms with Crippen molar-refractivity contribution in [3.05, 3.63) is 53.1 Å². The van der Waals surface area contributed by atoms with E-state index in [-0.39, 0.29) is 0 Å². The molecule has 5 nitrogen and oxygen atoms in total. The Morgan fingerprint density at radius 1 is 1.15 bits per heavy atom. The highest BCUT2D eigenvalue weighted by molar-refractivity contribution is 6.33. The van der Waals surface area contributed by atoms with Crippen molar-refractivity contribution >= 4 is 28.3 Å². The zero-order valence-electron chi connectivity index (χ0n) is 15.3. The molecule has 0 saturated carbocycles. The van der Waals surface area contributed by atoms with Crippen molar-refractivity contribution in [1.82, 2.24) is 10.3 Å². The average Bonchev–Trinajstić information content (AvgIpc) is 2.73. The number of fused-ring (bicyclic) bond motifs is 1. The highest BCUT2D eigenvalue weighted by Crippen LogP contribution is 2.34. The lowest BCUT2D eigenvalue weighted by Gasteiger charge is -2.29. The summed E-state index contributed by atoms with van der Waals surface area (Å²) in [7, 11) is 1.68. The normalized spacial score (nSPS) is 14.6. The quantitative estimate of drug-likeness (QED) is 0.723. The zero-order valence-corrected chi connectivity index (χ0v) is 16.1. The molecular weight excluding hydrogens is 360 g/mol. The van der Waals surface area contributed by atoms with Crippen LogP contribution in [0, 0.1) is 0 Å². The van der Waals surface area contributed by atoms with Gasteiger partial charge in [0.25, 0.3) is 0 Å². The number of benzene rings is 2. The van der Waals surface area contributed by atoms with Gasteiger partial charge in [-0.05, 0) is 41.5 Å². The van der Waals surface area contributed by atoms with E-state index in [9.17, 15) is 0 Å². The van der Waals surface area contributed by atoms with Crippen molar-refractivity contribution in [2.75, 3.05) is 38.2 Å². The Kier molecular flexibility index (Phi) is 5.16. The molecule has 1 aliphatic rings. The van der Waals surface area contributed by atoms with Gasteiger partial charge in [-0.25, -0.2) is 4.98 Å². The van der Waals surface area contributed by atoms with Crippen LogP contribution in [0.25, 0.3) is 22.0 Å². The standard InChI is InChI=1S/C21H23ClN4O/c1-27-20-5-2-14(13-23)10-17(20)15-3-4-19-16(11-15)12-18(22)21(25-19)26-8-6-24-7-9-26/h2-5,10-12,24H,6-9,13,23H2,1H3. The van der Waals surface area contributed by atoms with Gasteiger partial charge in [0.05, 0.1) is 17.6 Å². The first-order valence-electron chi connectivity index (χ1n) is 9.13. The van der Waals surface area contributed by atoms with E-state index in [1.165, 1.54) is 0 Å². The summed E-state index contributed by atoms with van der Waals surface area (Å²) >= 11 is 6.58. The molecule has 0 spiro atoms. The molecule has 1 aliphatic heterocycles. The van der Waals surface area contributed by atoms with Crippen LogP contribution in [0.1, 0.15) is 5.56 Å². The van der Waals surface area contributed by atoms with Crippen LogP contribution < -0.4 is 20.7 Å². The number of nitrogens with two attached hydrogens (primary N) is 1. The van der Waals surface area contributed by atoms with E-state index in [1.807, 2.05) is 24.3 Å². The van der Waals surface area contributed by atoms with Crippen LogP contribution in [0.2, 0.25) is 5.02 Å². The molecule has 3 N–H and O–H groups in total. The summed E-state index contributed by atoms with van der Waals surface area (Å²) in [6.07, 6.45) is 0. The Balaban J connectivity index is 1.77. The number of pyridine rings is 1. The lowest BCUT2D eigenvalue weighted by atomic mass is 10.00. The lowest BCUT2D eigenvalue weighted by molar-refractivity contribution is 0.416. The van der Waals surface area contributed by atoms with Gasteiger partial charge < -0.3 is 20.7 Å². The SMILES string of the molecule is COc1ccc(CN)cc1-c1ccc2nc(N3CCNCC3)c(Cl)cc2c1. The molecule has 0 radical (unpaired) electrons. The minimum Gasteiger partial charge on any atom is -0.496 e. The van der Waals surface area contributed by atoms with E-state index in [2.05, 4.69) is 28.4 Å². The Labute approximate surface area is 164 Å². The Hall–Kier alpha value is -2.34. The lowest BCUT2D eigenvalue weighted by Crippen LogP contribution is -2.44. The van der Waals surface area contributed by atoms with E-state index in [0.29, 0.717) is 11.6 Å². The van der Waals surface area contributed by atoms with E-state index in [4.69, 9.17) is 27.1 Å². The predicted molar refractivity (Wildman–Crippen MR) is 112 cm³/mol. The van der Waals surface area contributed by atoms with Crippen LogP contribution >= 0.6 is 11.6 Å². The summed E-state index contributed by atoms with van der Waals surface area (Å²) in [6, 6.07) is 14.2. The van der Waals surface area contributed by atoms with Crippen LogP contribution in [0.5, 0.6) is 5.75 Å². The van der Waals surface area contributed by atoms with Crippen molar-refractivity contribution in [1.29, 1.82) is 0 Å². The molecule has 27 heavy (non-hydrogen) atoms. The van der Waals surface area contributed by atoms with Crippen molar-refractivity contribution in [3.63, 3.8) is 0 Å². The number of rotatable bonds is 4. The molecule has 140 valence electrons. The third-order valence-corrected chi connectivity index (χ3v) is 5.25. The molecule has 0 unspecified atom stereocenters. The molecular formula is C21H23ClN4O. The van der Waals surface area contributed by atoms with E-state index in [0.717, 1.165) is 65.3 Å². The number of nitrogens with zero attached hydrogens (tertiary/aromatic N) is 2. The molecule has 1 aromatic heterocycles. The van der Waals surface area contributed by atoms with E-state index in [1.54, 1.807) is 7.11 Å². The summed E-state index contributed by atoms with van der Waals surface area (Å²) in [5, 5.41) is 5.05. The van der Waals surface area contributed by atoms with E-state index < -0.39 is 0 Å². The van der Waals surface area contributed by atoms with Gasteiger partial charge >= 0.3 is 0 Å². The Bertz CT molecular complexity index is 970. The molecule has 0 amide bonds. The largest absolute Gasteiger partial charge is 0.496 e. The molecule has 1 saturated heterocycles. The molecule has 2 heterocycles. The van der Waals surface area contributed by atoms with Crippen LogP contribution in [0.15, 0.2) is 42.5 Å². The zero-order chi connectivity index (χ0) is 18.8. The number of methoxy groups -OCH3 is 1. The summed E-state index contributed by atoms with van der Waals surface area (Å²) in [4.78, 5) is 7.06. The van der Waals surface area contributed by atoms with Gasteiger partial charge in [0, 0.05) is 43.7 Å². The van der Waals surface area contributed by atoms with Gasteiger partial charge in [0.15, 0.2) is 0 Å². The monoisotopic (exact) mass is 382 g/mol. The molecule has 0 atom stereocenters. The van der Waals surface area contributed by atoms with Crippen LogP contribution in [-0.2, 0) is 6.54 Å². The second-order valence-electron chi connectivity index (χ2n) is 6.68. The molecule has 0 bridgehead atoms. The topological polar surface area (TPSA) is 63.4 Å². The van der Waals surface area contributed by atoms with Gasteiger partial charge in [-0.2, -0.15) is 0 Å². The second kappa shape index (κ2) is 7.72. The maximum absolute atomic E-state index is 6.58. The van der Waals surface area contributed by atoms with Crippen LogP contribution in [0.4, 0.5) is 5.82 Å². The third-order valence-electron chi connectivity index (χ3n) is 4.98. The van der Waals surface area contributed by atoms with Gasteiger partial charge in [0.1, 0.15) is 11.6 Å². The van der Waals surface area contributed by atoms with Crippen LogP contribution in [0.3, 0.4) is 0 Å². The molecule has 2 aromatic carbocycles. The minimum atomic E-state index is 0.492. The van der Waals surface area contributed by atoms with Gasteiger partial charge in [-0.1, -0.05) is 23.7 Å². The van der Waals surface area contributed by atoms with Gasteiger partial charge in [-0.15, -0.1) is 0 Å². The first kappa shape index (κ1) is 18.0. The fourth-order valence-electron chi connectivity index (χ4n) is 3.51. The van der Waals surface area contributed by atoms with Gasteiger partial charge in [0.2, 0.25) is 0 Å². The first-order chi connectivity index (χ1) is 13.2. The summed E-state index contributed by atoms with van der Waals surface area (Å²) in [5.74, 6) is 1.68. The maximum atomic E-state index is 6.58. The molecule has 3 aromatic rings. The first-order valence-corrected chi connectivity index (χ1v) is 9.50.